The van der Waals surface area contributed by atoms with Gasteiger partial charge in [-0.2, -0.15) is 12.6 Å². The lowest BCUT2D eigenvalue weighted by molar-refractivity contribution is -0.192. The number of rotatable bonds is 5. The van der Waals surface area contributed by atoms with Gasteiger partial charge in [-0.25, -0.2) is 4.79 Å². The Hall–Kier alpha value is -0.800. The fourth-order valence-electron chi connectivity index (χ4n) is 1.44. The SMILES string of the molecule is NC1C(=O)N(C(OC(=O)CS)C(=O)O)C1CBr. The highest BCUT2D eigenvalue weighted by molar-refractivity contribution is 9.09. The van der Waals surface area contributed by atoms with E-state index in [-0.39, 0.29) is 5.75 Å². The van der Waals surface area contributed by atoms with E-state index in [1.807, 2.05) is 0 Å². The molecule has 1 rings (SSSR count). The van der Waals surface area contributed by atoms with Crippen LogP contribution in [0.3, 0.4) is 0 Å². The van der Waals surface area contributed by atoms with Crippen molar-refractivity contribution in [3.8, 4) is 0 Å². The molecule has 1 aliphatic heterocycles. The predicted molar refractivity (Wildman–Crippen MR) is 63.8 cm³/mol. The van der Waals surface area contributed by atoms with Crippen LogP contribution in [-0.2, 0) is 19.1 Å². The third-order valence-electron chi connectivity index (χ3n) is 2.31. The van der Waals surface area contributed by atoms with E-state index in [9.17, 15) is 14.4 Å². The number of ether oxygens (including phenoxy) is 1. The number of carboxylic acids is 1. The molecule has 1 heterocycles. The second kappa shape index (κ2) is 5.69. The Morgan fingerprint density at radius 2 is 2.24 bits per heavy atom. The van der Waals surface area contributed by atoms with Crippen molar-refractivity contribution in [3.63, 3.8) is 0 Å². The minimum Gasteiger partial charge on any atom is -0.477 e. The summed E-state index contributed by atoms with van der Waals surface area (Å²) in [7, 11) is 0. The van der Waals surface area contributed by atoms with Gasteiger partial charge in [0, 0.05) is 5.33 Å². The van der Waals surface area contributed by atoms with E-state index < -0.39 is 36.2 Å². The maximum atomic E-state index is 11.5. The number of carbonyl (C=O) groups is 3. The zero-order valence-corrected chi connectivity index (χ0v) is 11.1. The predicted octanol–water partition coefficient (Wildman–Crippen LogP) is -1.20. The number of nitrogens with two attached hydrogens (primary N) is 1. The molecule has 0 spiro atoms. The molecule has 0 aromatic carbocycles. The monoisotopic (exact) mass is 326 g/mol. The number of β-lactam (4-membered cyclic amide) rings is 1. The molecule has 0 aromatic heterocycles. The van der Waals surface area contributed by atoms with Crippen molar-refractivity contribution in [2.75, 3.05) is 11.1 Å². The zero-order valence-electron chi connectivity index (χ0n) is 8.58. The summed E-state index contributed by atoms with van der Waals surface area (Å²) in [4.78, 5) is 34.3. The molecular weight excluding hydrogens is 316 g/mol. The van der Waals surface area contributed by atoms with Crippen LogP contribution in [-0.4, -0.2) is 57.2 Å². The van der Waals surface area contributed by atoms with Gasteiger partial charge in [0.15, 0.2) is 0 Å². The zero-order chi connectivity index (χ0) is 13.2. The summed E-state index contributed by atoms with van der Waals surface area (Å²) in [5, 5.41) is 9.23. The number of nitrogens with zero attached hydrogens (tertiary/aromatic N) is 1. The Kier molecular flexibility index (Phi) is 4.78. The van der Waals surface area contributed by atoms with Gasteiger partial charge >= 0.3 is 11.9 Å². The lowest BCUT2D eigenvalue weighted by Gasteiger charge is -2.46. The van der Waals surface area contributed by atoms with E-state index in [2.05, 4.69) is 33.3 Å². The summed E-state index contributed by atoms with van der Waals surface area (Å²) < 4.78 is 4.63. The smallest absolute Gasteiger partial charge is 0.367 e. The molecule has 9 heteroatoms. The van der Waals surface area contributed by atoms with E-state index in [4.69, 9.17) is 10.8 Å². The van der Waals surface area contributed by atoms with Crippen LogP contribution in [0.1, 0.15) is 0 Å². The van der Waals surface area contributed by atoms with Crippen molar-refractivity contribution < 1.29 is 24.2 Å². The molecular formula is C8H11BrN2O5S. The number of esters is 1. The van der Waals surface area contributed by atoms with E-state index >= 15 is 0 Å². The normalized spacial score (nSPS) is 25.1. The van der Waals surface area contributed by atoms with Crippen molar-refractivity contribution in [2.24, 2.45) is 5.73 Å². The molecule has 1 fully saturated rings. The van der Waals surface area contributed by atoms with Crippen molar-refractivity contribution in [3.05, 3.63) is 0 Å². The van der Waals surface area contributed by atoms with Crippen LogP contribution in [0.25, 0.3) is 0 Å². The minimum atomic E-state index is -1.65. The average molecular weight is 327 g/mol. The summed E-state index contributed by atoms with van der Waals surface area (Å²) in [5.41, 5.74) is 5.50. The highest BCUT2D eigenvalue weighted by Gasteiger charge is 2.51. The number of alkyl halides is 1. The Morgan fingerprint density at radius 3 is 2.65 bits per heavy atom. The lowest BCUT2D eigenvalue weighted by Crippen LogP contribution is -2.73. The van der Waals surface area contributed by atoms with Gasteiger partial charge in [-0.3, -0.25) is 14.5 Å². The summed E-state index contributed by atoms with van der Waals surface area (Å²) in [6.45, 7) is 0. The van der Waals surface area contributed by atoms with Crippen LogP contribution >= 0.6 is 28.6 Å². The third kappa shape index (κ3) is 2.72. The van der Waals surface area contributed by atoms with Gasteiger partial charge < -0.3 is 15.6 Å². The molecule has 96 valence electrons. The fourth-order valence-corrected chi connectivity index (χ4v) is 2.23. The summed E-state index contributed by atoms with van der Waals surface area (Å²) >= 11 is 6.77. The first kappa shape index (κ1) is 14.3. The fraction of sp³-hybridized carbons (Fsp3) is 0.625. The van der Waals surface area contributed by atoms with Crippen molar-refractivity contribution >= 4 is 46.4 Å². The van der Waals surface area contributed by atoms with Gasteiger partial charge in [0.25, 0.3) is 6.23 Å². The van der Waals surface area contributed by atoms with Crippen molar-refractivity contribution in [1.29, 1.82) is 0 Å². The molecule has 7 nitrogen and oxygen atoms in total. The summed E-state index contributed by atoms with van der Waals surface area (Å²) in [5.74, 6) is -3.07. The molecule has 0 saturated carbocycles. The number of carboxylic acid groups (broad SMARTS) is 1. The van der Waals surface area contributed by atoms with Crippen LogP contribution in [0, 0.1) is 0 Å². The topological polar surface area (TPSA) is 110 Å². The van der Waals surface area contributed by atoms with Gasteiger partial charge in [0.2, 0.25) is 5.91 Å². The molecule has 17 heavy (non-hydrogen) atoms. The van der Waals surface area contributed by atoms with E-state index in [1.54, 1.807) is 0 Å². The Morgan fingerprint density at radius 1 is 1.65 bits per heavy atom. The van der Waals surface area contributed by atoms with E-state index in [0.29, 0.717) is 5.33 Å². The molecule has 3 atom stereocenters. The molecule has 1 amide bonds. The molecule has 0 aliphatic carbocycles. The second-order valence-corrected chi connectivity index (χ2v) is 4.30. The molecule has 1 aliphatic rings. The van der Waals surface area contributed by atoms with Crippen LogP contribution < -0.4 is 5.73 Å². The van der Waals surface area contributed by atoms with Crippen LogP contribution in [0.5, 0.6) is 0 Å². The van der Waals surface area contributed by atoms with Crippen LogP contribution in [0.2, 0.25) is 0 Å². The average Bonchev–Trinajstić information content (AvgIpc) is 2.31. The van der Waals surface area contributed by atoms with Gasteiger partial charge in [-0.05, 0) is 0 Å². The first-order chi connectivity index (χ1) is 7.93. The molecule has 3 unspecified atom stereocenters. The Bertz CT molecular complexity index is 353. The standard InChI is InChI=1S/C8H11BrN2O5S/c9-1-3-5(10)6(13)11(3)7(8(14)15)16-4(12)2-17/h3,5,7,17H,1-2,10H2,(H,14,15). The number of aliphatic carboxylic acids is 1. The molecule has 0 radical (unpaired) electrons. The Balaban J connectivity index is 2.81. The first-order valence-corrected chi connectivity index (χ1v) is 6.36. The minimum absolute atomic E-state index is 0.267. The van der Waals surface area contributed by atoms with Gasteiger partial charge in [0.1, 0.15) is 6.04 Å². The Labute approximate surface area is 111 Å². The number of thiol groups is 1. The summed E-state index contributed by atoms with van der Waals surface area (Å²) in [6.07, 6.45) is -1.65. The number of halogens is 1. The van der Waals surface area contributed by atoms with Crippen LogP contribution in [0.15, 0.2) is 0 Å². The first-order valence-electron chi connectivity index (χ1n) is 4.61. The van der Waals surface area contributed by atoms with Gasteiger partial charge in [-0.15, -0.1) is 0 Å². The number of carbonyl (C=O) groups excluding carboxylic acids is 2. The largest absolute Gasteiger partial charge is 0.477 e. The van der Waals surface area contributed by atoms with Crippen LogP contribution in [0.4, 0.5) is 0 Å². The molecule has 3 N–H and O–H groups in total. The second-order valence-electron chi connectivity index (χ2n) is 3.33. The third-order valence-corrected chi connectivity index (χ3v) is 3.23. The molecule has 0 bridgehead atoms. The number of amides is 1. The van der Waals surface area contributed by atoms with Gasteiger partial charge in [-0.1, -0.05) is 15.9 Å². The summed E-state index contributed by atoms with van der Waals surface area (Å²) in [6, 6.07) is -1.28. The highest BCUT2D eigenvalue weighted by atomic mass is 79.9. The van der Waals surface area contributed by atoms with E-state index in [0.717, 1.165) is 4.90 Å². The highest BCUT2D eigenvalue weighted by Crippen LogP contribution is 2.24. The lowest BCUT2D eigenvalue weighted by atomic mass is 9.97. The number of hydrogen-bond donors (Lipinski definition) is 3. The molecule has 1 saturated heterocycles. The number of hydrogen-bond acceptors (Lipinski definition) is 6. The maximum Gasteiger partial charge on any atom is 0.367 e. The maximum absolute atomic E-state index is 11.5. The van der Waals surface area contributed by atoms with Crippen molar-refractivity contribution in [1.82, 2.24) is 4.90 Å². The van der Waals surface area contributed by atoms with Gasteiger partial charge in [0.05, 0.1) is 11.8 Å². The van der Waals surface area contributed by atoms with Crippen molar-refractivity contribution in [2.45, 2.75) is 18.3 Å². The van der Waals surface area contributed by atoms with E-state index in [1.165, 1.54) is 0 Å². The molecule has 0 aromatic rings. The number of likely N-dealkylation sites (tertiary alicyclic amines) is 1. The quantitative estimate of drug-likeness (QED) is 0.253.